The van der Waals surface area contributed by atoms with Gasteiger partial charge in [-0.2, -0.15) is 4.31 Å². The van der Waals surface area contributed by atoms with Crippen molar-refractivity contribution in [2.24, 2.45) is 5.73 Å². The quantitative estimate of drug-likeness (QED) is 0.137. The van der Waals surface area contributed by atoms with Gasteiger partial charge in [0, 0.05) is 30.6 Å². The molecule has 3 aromatic rings. The van der Waals surface area contributed by atoms with Gasteiger partial charge in [-0.25, -0.2) is 8.42 Å². The molecule has 0 saturated carbocycles. The molecule has 0 aromatic heterocycles. The first-order valence-corrected chi connectivity index (χ1v) is 16.8. The Morgan fingerprint density at radius 1 is 0.978 bits per heavy atom. The lowest BCUT2D eigenvalue weighted by Gasteiger charge is -2.22. The average Bonchev–Trinajstić information content (AvgIpc) is 3.55. The molecule has 0 aliphatic carbocycles. The molecule has 4 rings (SSSR count). The summed E-state index contributed by atoms with van der Waals surface area (Å²) in [4.78, 5) is 39.3. The number of carbonyl (C=O) groups excluding carboxylic acids is 3. The average molecular weight is 649 g/mol. The number of amides is 3. The van der Waals surface area contributed by atoms with E-state index in [0.717, 1.165) is 17.4 Å². The molecule has 1 aliphatic rings. The maximum Gasteiger partial charge on any atom is 0.248 e. The number of nitrogens with two attached hydrogens (primary N) is 1. The van der Waals surface area contributed by atoms with E-state index in [0.29, 0.717) is 42.7 Å². The van der Waals surface area contributed by atoms with Crippen molar-refractivity contribution in [3.05, 3.63) is 101 Å². The molecule has 0 radical (unpaired) electrons. The molecule has 1 saturated heterocycles. The molecule has 6 N–H and O–H groups in total. The fraction of sp³-hybridized carbons (Fsp3) is 0.333. The molecule has 3 aromatic carbocycles. The van der Waals surface area contributed by atoms with Gasteiger partial charge in [0.05, 0.1) is 19.4 Å². The summed E-state index contributed by atoms with van der Waals surface area (Å²) >= 11 is 0. The van der Waals surface area contributed by atoms with Crippen LogP contribution in [0.4, 0.5) is 0 Å². The van der Waals surface area contributed by atoms with Crippen molar-refractivity contribution in [3.8, 4) is 5.75 Å². The van der Waals surface area contributed by atoms with E-state index in [9.17, 15) is 22.8 Å². The molecule has 3 amide bonds. The number of hydrogen-bond donors (Lipinski definition) is 5. The highest BCUT2D eigenvalue weighted by Gasteiger charge is 2.36. The topological polar surface area (TPSA) is 184 Å². The van der Waals surface area contributed by atoms with Crippen molar-refractivity contribution < 1.29 is 27.5 Å². The predicted octanol–water partition coefficient (Wildman–Crippen LogP) is 1.47. The molecule has 0 unspecified atom stereocenters. The molecule has 12 nitrogen and oxygen atoms in total. The summed E-state index contributed by atoms with van der Waals surface area (Å²) in [7, 11) is -2.06. The first-order chi connectivity index (χ1) is 22.0. The van der Waals surface area contributed by atoms with Gasteiger partial charge < -0.3 is 26.4 Å². The first kappa shape index (κ1) is 34.3. The molecular formula is C33H40N6O6S. The van der Waals surface area contributed by atoms with E-state index < -0.39 is 45.9 Å². The van der Waals surface area contributed by atoms with Gasteiger partial charge in [0.15, 0.2) is 0 Å². The minimum Gasteiger partial charge on any atom is -0.496 e. The maximum atomic E-state index is 13.4. The molecule has 0 spiro atoms. The minimum atomic E-state index is -3.51. The molecule has 244 valence electrons. The number of ether oxygens (including phenoxy) is 1. The van der Waals surface area contributed by atoms with E-state index in [1.165, 1.54) is 11.4 Å². The third-order valence-corrected chi connectivity index (χ3v) is 9.05. The largest absolute Gasteiger partial charge is 0.496 e. The zero-order valence-electron chi connectivity index (χ0n) is 25.9. The number of nitrogens with zero attached hydrogens (tertiary/aromatic N) is 1. The van der Waals surface area contributed by atoms with E-state index >= 15 is 0 Å². The molecule has 0 bridgehead atoms. The molecular weight excluding hydrogens is 608 g/mol. The second-order valence-electron chi connectivity index (χ2n) is 11.2. The van der Waals surface area contributed by atoms with Crippen LogP contribution in [-0.4, -0.2) is 74.3 Å². The zero-order valence-corrected chi connectivity index (χ0v) is 26.7. The number of amidine groups is 1. The molecule has 13 heteroatoms. The Morgan fingerprint density at radius 3 is 2.22 bits per heavy atom. The van der Waals surface area contributed by atoms with Gasteiger partial charge in [-0.1, -0.05) is 72.8 Å². The number of rotatable bonds is 13. The number of carbonyl (C=O) groups is 3. The fourth-order valence-electron chi connectivity index (χ4n) is 5.33. The van der Waals surface area contributed by atoms with Crippen LogP contribution in [0, 0.1) is 5.41 Å². The van der Waals surface area contributed by atoms with Gasteiger partial charge in [-0.15, -0.1) is 0 Å². The van der Waals surface area contributed by atoms with Gasteiger partial charge >= 0.3 is 0 Å². The van der Waals surface area contributed by atoms with E-state index in [1.807, 2.05) is 60.7 Å². The molecule has 46 heavy (non-hydrogen) atoms. The van der Waals surface area contributed by atoms with E-state index in [2.05, 4.69) is 16.0 Å². The van der Waals surface area contributed by atoms with Crippen molar-refractivity contribution in [1.82, 2.24) is 20.3 Å². The first-order valence-electron chi connectivity index (χ1n) is 14.9. The zero-order chi connectivity index (χ0) is 33.3. The number of nitrogens with one attached hydrogen (secondary N) is 4. The van der Waals surface area contributed by atoms with Crippen LogP contribution in [-0.2, 0) is 43.8 Å². The van der Waals surface area contributed by atoms with Gasteiger partial charge in [0.1, 0.15) is 23.7 Å². The summed E-state index contributed by atoms with van der Waals surface area (Å²) in [6.07, 6.45) is 2.62. The maximum absolute atomic E-state index is 13.4. The van der Waals surface area contributed by atoms with Crippen molar-refractivity contribution in [3.63, 3.8) is 0 Å². The summed E-state index contributed by atoms with van der Waals surface area (Å²) in [6.45, 7) is 0.379. The number of hydrogen-bond acceptors (Lipinski definition) is 8. The lowest BCUT2D eigenvalue weighted by molar-refractivity contribution is -0.128. The third kappa shape index (κ3) is 9.22. The lowest BCUT2D eigenvalue weighted by Crippen LogP contribution is -2.53. The summed E-state index contributed by atoms with van der Waals surface area (Å²) in [5.74, 6) is -1.32. The Labute approximate surface area is 269 Å². The van der Waals surface area contributed by atoms with Crippen LogP contribution in [0.1, 0.15) is 35.1 Å². The monoisotopic (exact) mass is 648 g/mol. The van der Waals surface area contributed by atoms with Crippen LogP contribution in [0.25, 0.3) is 0 Å². The van der Waals surface area contributed by atoms with Crippen molar-refractivity contribution in [1.29, 1.82) is 5.41 Å². The van der Waals surface area contributed by atoms with E-state index in [-0.39, 0.29) is 18.8 Å². The third-order valence-electron chi connectivity index (χ3n) is 7.76. The Hall–Kier alpha value is -4.59. The Balaban J connectivity index is 1.42. The SMILES string of the molecule is COc1cc(C(=N)NC(=O)[C@H](Cc2ccccc2)NC(=O)[C@@H](N)Cc2ccccc2)ccc1CNC(=O)[C@@H]1CCCN1S(C)(=O)=O. The van der Waals surface area contributed by atoms with E-state index in [4.69, 9.17) is 15.9 Å². The highest BCUT2D eigenvalue weighted by atomic mass is 32.2. The van der Waals surface area contributed by atoms with Gasteiger partial charge in [0.2, 0.25) is 27.7 Å². The highest BCUT2D eigenvalue weighted by molar-refractivity contribution is 7.88. The standard InChI is InChI=1S/C33H40N6O6S/c1-45-29-20-24(15-16-25(29)21-36-33(42)28-14-9-17-39(28)46(2,43)44)30(35)38-32(41)27(19-23-12-7-4-8-13-23)37-31(40)26(34)18-22-10-5-3-6-11-22/h3-8,10-13,15-16,20,26-28H,9,14,17-19,21,34H2,1-2H3,(H,36,42)(H,37,40)(H2,35,38,41)/t26-,27-,28-/m0/s1. The van der Waals surface area contributed by atoms with Crippen LogP contribution < -0.4 is 26.4 Å². The number of methoxy groups -OCH3 is 1. The molecule has 1 aliphatic heterocycles. The smallest absolute Gasteiger partial charge is 0.248 e. The second-order valence-corrected chi connectivity index (χ2v) is 13.1. The second kappa shape index (κ2) is 15.6. The van der Waals surface area contributed by atoms with Crippen LogP contribution >= 0.6 is 0 Å². The van der Waals surface area contributed by atoms with Gasteiger partial charge in [-0.05, 0) is 36.5 Å². The molecule has 1 heterocycles. The Bertz CT molecular complexity index is 1650. The van der Waals surface area contributed by atoms with Crippen molar-refractivity contribution in [2.45, 2.75) is 50.4 Å². The summed E-state index contributed by atoms with van der Waals surface area (Å²) in [5, 5.41) is 16.7. The Kier molecular flexibility index (Phi) is 11.6. The van der Waals surface area contributed by atoms with Crippen LogP contribution in [0.15, 0.2) is 78.9 Å². The summed E-state index contributed by atoms with van der Waals surface area (Å²) < 4.78 is 30.8. The normalized spacial score (nSPS) is 16.2. The van der Waals surface area contributed by atoms with Crippen molar-refractivity contribution >= 4 is 33.6 Å². The fourth-order valence-corrected chi connectivity index (χ4v) is 6.45. The predicted molar refractivity (Wildman–Crippen MR) is 175 cm³/mol. The number of benzene rings is 3. The summed E-state index contributed by atoms with van der Waals surface area (Å²) in [6, 6.07) is 20.7. The minimum absolute atomic E-state index is 0.0739. The summed E-state index contributed by atoms with van der Waals surface area (Å²) in [5.41, 5.74) is 8.82. The van der Waals surface area contributed by atoms with E-state index in [1.54, 1.807) is 18.2 Å². The molecule has 1 fully saturated rings. The van der Waals surface area contributed by atoms with Gasteiger partial charge in [-0.3, -0.25) is 19.8 Å². The van der Waals surface area contributed by atoms with Crippen molar-refractivity contribution in [2.75, 3.05) is 19.9 Å². The van der Waals surface area contributed by atoms with Crippen LogP contribution in [0.2, 0.25) is 0 Å². The molecule has 3 atom stereocenters. The van der Waals surface area contributed by atoms with Crippen LogP contribution in [0.3, 0.4) is 0 Å². The Morgan fingerprint density at radius 2 is 1.61 bits per heavy atom. The lowest BCUT2D eigenvalue weighted by atomic mass is 10.0. The number of sulfonamides is 1. The van der Waals surface area contributed by atoms with Crippen LogP contribution in [0.5, 0.6) is 5.75 Å². The van der Waals surface area contributed by atoms with Gasteiger partial charge in [0.25, 0.3) is 0 Å². The highest BCUT2D eigenvalue weighted by Crippen LogP contribution is 2.23.